The first kappa shape index (κ1) is 17.5. The summed E-state index contributed by atoms with van der Waals surface area (Å²) in [6.45, 7) is 11.7. The van der Waals surface area contributed by atoms with Gasteiger partial charge in [0.1, 0.15) is 0 Å². The Labute approximate surface area is 127 Å². The van der Waals surface area contributed by atoms with Gasteiger partial charge in [-0.05, 0) is 56.3 Å². The zero-order valence-corrected chi connectivity index (χ0v) is 14.5. The van der Waals surface area contributed by atoms with Crippen LogP contribution in [0.1, 0.15) is 79.6 Å². The van der Waals surface area contributed by atoms with E-state index in [4.69, 9.17) is 0 Å². The van der Waals surface area contributed by atoms with Crippen molar-refractivity contribution in [3.8, 4) is 0 Å². The maximum atomic E-state index is 2.49. The molecular weight excluding hydrogens is 240 g/mol. The van der Waals surface area contributed by atoms with Gasteiger partial charge in [-0.2, -0.15) is 0 Å². The standard InChI is InChI=1S/C20H36/c1-6-8-9-15-19-18(5)20(19)17(4)14-11-10-13-16(3)12-7-2/h11-12,14,17-20H,6-10,13,15H2,1-5H3. The van der Waals surface area contributed by atoms with E-state index in [1.165, 1.54) is 44.9 Å². The van der Waals surface area contributed by atoms with Crippen molar-refractivity contribution in [1.29, 1.82) is 0 Å². The zero-order chi connectivity index (χ0) is 15.0. The Morgan fingerprint density at radius 1 is 1.20 bits per heavy atom. The first-order chi connectivity index (χ1) is 9.61. The lowest BCUT2D eigenvalue weighted by atomic mass is 10.00. The third-order valence-corrected chi connectivity index (χ3v) is 5.08. The molecule has 0 nitrogen and oxygen atoms in total. The van der Waals surface area contributed by atoms with E-state index >= 15 is 0 Å². The van der Waals surface area contributed by atoms with E-state index in [0.29, 0.717) is 0 Å². The van der Waals surface area contributed by atoms with Crippen molar-refractivity contribution >= 4 is 0 Å². The maximum absolute atomic E-state index is 2.49. The lowest BCUT2D eigenvalue weighted by molar-refractivity contribution is 0.522. The zero-order valence-electron chi connectivity index (χ0n) is 14.5. The molecule has 1 aliphatic rings. The van der Waals surface area contributed by atoms with E-state index < -0.39 is 0 Å². The van der Waals surface area contributed by atoms with E-state index in [-0.39, 0.29) is 0 Å². The second kappa shape index (κ2) is 9.42. The Bertz CT molecular complexity index is 310. The van der Waals surface area contributed by atoms with Gasteiger partial charge in [0.2, 0.25) is 0 Å². The fourth-order valence-corrected chi connectivity index (χ4v) is 3.73. The van der Waals surface area contributed by atoms with E-state index in [1.54, 1.807) is 5.57 Å². The van der Waals surface area contributed by atoms with Crippen molar-refractivity contribution < 1.29 is 0 Å². The average molecular weight is 277 g/mol. The molecule has 0 heteroatoms. The highest BCUT2D eigenvalue weighted by Gasteiger charge is 2.47. The molecule has 0 aromatic rings. The third-order valence-electron chi connectivity index (χ3n) is 5.08. The van der Waals surface area contributed by atoms with Crippen LogP contribution < -0.4 is 0 Å². The summed E-state index contributed by atoms with van der Waals surface area (Å²) in [6, 6.07) is 0. The first-order valence-corrected chi connectivity index (χ1v) is 8.94. The maximum Gasteiger partial charge on any atom is -0.0228 e. The number of unbranched alkanes of at least 4 members (excludes halogenated alkanes) is 2. The minimum Gasteiger partial charge on any atom is -0.0879 e. The molecule has 0 aromatic heterocycles. The second-order valence-corrected chi connectivity index (χ2v) is 6.88. The van der Waals surface area contributed by atoms with Gasteiger partial charge in [-0.15, -0.1) is 0 Å². The van der Waals surface area contributed by atoms with Gasteiger partial charge < -0.3 is 0 Å². The Kier molecular flexibility index (Phi) is 8.26. The van der Waals surface area contributed by atoms with E-state index in [9.17, 15) is 0 Å². The minimum absolute atomic E-state index is 0.784. The highest BCUT2D eigenvalue weighted by Crippen LogP contribution is 2.53. The molecule has 0 N–H and O–H groups in total. The fourth-order valence-electron chi connectivity index (χ4n) is 3.73. The SMILES string of the molecule is CCC=C(C)CCC=CC(C)C1C(C)C1CCCCC. The summed E-state index contributed by atoms with van der Waals surface area (Å²) in [5.74, 6) is 3.73. The van der Waals surface area contributed by atoms with Crippen molar-refractivity contribution in [2.45, 2.75) is 79.6 Å². The topological polar surface area (TPSA) is 0 Å². The van der Waals surface area contributed by atoms with Crippen LogP contribution in [-0.4, -0.2) is 0 Å². The van der Waals surface area contributed by atoms with E-state index in [0.717, 1.165) is 23.7 Å². The number of hydrogen-bond donors (Lipinski definition) is 0. The Balaban J connectivity index is 2.22. The number of rotatable bonds is 10. The summed E-state index contributed by atoms with van der Waals surface area (Å²) in [5.41, 5.74) is 1.54. The molecule has 0 bridgehead atoms. The average Bonchev–Trinajstić information content (AvgIpc) is 3.06. The molecule has 1 saturated carbocycles. The van der Waals surface area contributed by atoms with Crippen LogP contribution in [-0.2, 0) is 0 Å². The normalized spacial score (nSPS) is 28.1. The van der Waals surface area contributed by atoms with Crippen LogP contribution in [0, 0.1) is 23.7 Å². The molecular formula is C20H36. The van der Waals surface area contributed by atoms with Gasteiger partial charge >= 0.3 is 0 Å². The molecule has 116 valence electrons. The summed E-state index contributed by atoms with van der Waals surface area (Å²) < 4.78 is 0. The minimum atomic E-state index is 0.784. The molecule has 0 aromatic carbocycles. The molecule has 0 aliphatic heterocycles. The van der Waals surface area contributed by atoms with Crippen molar-refractivity contribution in [1.82, 2.24) is 0 Å². The van der Waals surface area contributed by atoms with Crippen LogP contribution in [0.4, 0.5) is 0 Å². The van der Waals surface area contributed by atoms with E-state index in [2.05, 4.69) is 52.8 Å². The summed E-state index contributed by atoms with van der Waals surface area (Å²) in [6.07, 6.45) is 16.6. The predicted octanol–water partition coefficient (Wildman–Crippen LogP) is 6.78. The van der Waals surface area contributed by atoms with Crippen molar-refractivity contribution in [2.75, 3.05) is 0 Å². The van der Waals surface area contributed by atoms with Gasteiger partial charge in [0.05, 0.1) is 0 Å². The van der Waals surface area contributed by atoms with Gasteiger partial charge in [-0.25, -0.2) is 0 Å². The van der Waals surface area contributed by atoms with Crippen LogP contribution >= 0.6 is 0 Å². The second-order valence-electron chi connectivity index (χ2n) is 6.88. The quantitative estimate of drug-likeness (QED) is 0.305. The molecule has 0 amide bonds. The van der Waals surface area contributed by atoms with Gasteiger partial charge in [-0.3, -0.25) is 0 Å². The molecule has 0 spiro atoms. The van der Waals surface area contributed by atoms with Crippen LogP contribution in [0.25, 0.3) is 0 Å². The summed E-state index contributed by atoms with van der Waals surface area (Å²) in [7, 11) is 0. The smallest absolute Gasteiger partial charge is 0.0228 e. The van der Waals surface area contributed by atoms with Crippen molar-refractivity contribution in [3.05, 3.63) is 23.8 Å². The van der Waals surface area contributed by atoms with Gasteiger partial charge in [0.25, 0.3) is 0 Å². The molecule has 1 fully saturated rings. The number of hydrogen-bond acceptors (Lipinski definition) is 0. The Hall–Kier alpha value is -0.520. The van der Waals surface area contributed by atoms with Crippen LogP contribution in [0.3, 0.4) is 0 Å². The Morgan fingerprint density at radius 2 is 1.95 bits per heavy atom. The Morgan fingerprint density at radius 3 is 2.60 bits per heavy atom. The highest BCUT2D eigenvalue weighted by molar-refractivity contribution is 5.04. The highest BCUT2D eigenvalue weighted by atomic mass is 14.5. The number of allylic oxidation sites excluding steroid dienone is 4. The van der Waals surface area contributed by atoms with Crippen LogP contribution in [0.5, 0.6) is 0 Å². The lowest BCUT2D eigenvalue weighted by Crippen LogP contribution is -1.96. The monoisotopic (exact) mass is 276 g/mol. The van der Waals surface area contributed by atoms with Gasteiger partial charge in [0.15, 0.2) is 0 Å². The molecule has 4 atom stereocenters. The third kappa shape index (κ3) is 5.85. The first-order valence-electron chi connectivity index (χ1n) is 8.94. The van der Waals surface area contributed by atoms with Gasteiger partial charge in [0, 0.05) is 0 Å². The summed E-state index contributed by atoms with van der Waals surface area (Å²) >= 11 is 0. The molecule has 1 rings (SSSR count). The molecule has 0 heterocycles. The molecule has 4 unspecified atom stereocenters. The van der Waals surface area contributed by atoms with Crippen molar-refractivity contribution in [3.63, 3.8) is 0 Å². The van der Waals surface area contributed by atoms with E-state index in [1.807, 2.05) is 0 Å². The molecule has 0 radical (unpaired) electrons. The van der Waals surface area contributed by atoms with Crippen LogP contribution in [0.15, 0.2) is 23.8 Å². The lowest BCUT2D eigenvalue weighted by Gasteiger charge is -2.05. The summed E-state index contributed by atoms with van der Waals surface area (Å²) in [5, 5.41) is 0. The summed E-state index contributed by atoms with van der Waals surface area (Å²) in [4.78, 5) is 0. The largest absolute Gasteiger partial charge is 0.0879 e. The fraction of sp³-hybridized carbons (Fsp3) is 0.800. The van der Waals surface area contributed by atoms with Gasteiger partial charge in [-0.1, -0.05) is 70.8 Å². The van der Waals surface area contributed by atoms with Crippen molar-refractivity contribution in [2.24, 2.45) is 23.7 Å². The molecule has 0 saturated heterocycles. The van der Waals surface area contributed by atoms with Crippen LogP contribution in [0.2, 0.25) is 0 Å². The molecule has 20 heavy (non-hydrogen) atoms. The molecule has 1 aliphatic carbocycles. The predicted molar refractivity (Wildman–Crippen MR) is 91.9 cm³/mol.